The predicted octanol–water partition coefficient (Wildman–Crippen LogP) is 1.32. The van der Waals surface area contributed by atoms with Crippen LogP contribution in [0.25, 0.3) is 0 Å². The van der Waals surface area contributed by atoms with Gasteiger partial charge in [-0.05, 0) is 6.42 Å². The number of nitrogens with one attached hydrogen (secondary N) is 1. The van der Waals surface area contributed by atoms with Crippen LogP contribution in [0, 0.1) is 0 Å². The van der Waals surface area contributed by atoms with E-state index in [4.69, 9.17) is 9.84 Å². The van der Waals surface area contributed by atoms with Gasteiger partial charge in [0.25, 0.3) is 0 Å². The van der Waals surface area contributed by atoms with Crippen LogP contribution in [0.2, 0.25) is 0 Å². The van der Waals surface area contributed by atoms with Crippen molar-refractivity contribution in [2.24, 2.45) is 0 Å². The zero-order valence-corrected chi connectivity index (χ0v) is 11.7. The molecule has 0 aromatic carbocycles. The molecule has 6 nitrogen and oxygen atoms in total. The highest BCUT2D eigenvalue weighted by atomic mass is 32.1. The van der Waals surface area contributed by atoms with Crippen LogP contribution in [0.3, 0.4) is 0 Å². The largest absolute Gasteiger partial charge is 0.476 e. The van der Waals surface area contributed by atoms with Crippen molar-refractivity contribution in [1.29, 1.82) is 0 Å². The minimum atomic E-state index is -1.03. The Morgan fingerprint density at radius 1 is 1.47 bits per heavy atom. The van der Waals surface area contributed by atoms with E-state index in [1.54, 1.807) is 0 Å². The van der Waals surface area contributed by atoms with Gasteiger partial charge in [-0.1, -0.05) is 6.92 Å². The first-order valence-electron chi connectivity index (χ1n) is 6.15. The minimum Gasteiger partial charge on any atom is -0.476 e. The van der Waals surface area contributed by atoms with E-state index in [2.05, 4.69) is 10.3 Å². The molecule has 0 atom stereocenters. The predicted molar refractivity (Wildman–Crippen MR) is 71.5 cm³/mol. The lowest BCUT2D eigenvalue weighted by Gasteiger charge is -2.04. The number of carboxylic acids is 1. The topological polar surface area (TPSA) is 88.5 Å². The third kappa shape index (κ3) is 6.30. The molecule has 106 valence electrons. The van der Waals surface area contributed by atoms with Crippen LogP contribution in [0.5, 0.6) is 0 Å². The smallest absolute Gasteiger partial charge is 0.355 e. The maximum Gasteiger partial charge on any atom is 0.355 e. The van der Waals surface area contributed by atoms with Gasteiger partial charge >= 0.3 is 5.97 Å². The molecule has 0 radical (unpaired) electrons. The molecule has 0 unspecified atom stereocenters. The van der Waals surface area contributed by atoms with Crippen LogP contribution in [-0.2, 0) is 16.0 Å². The summed E-state index contributed by atoms with van der Waals surface area (Å²) in [5.41, 5.74) is 0.0549. The van der Waals surface area contributed by atoms with E-state index in [0.717, 1.165) is 6.42 Å². The Morgan fingerprint density at radius 3 is 2.89 bits per heavy atom. The number of thiazole rings is 1. The fourth-order valence-corrected chi connectivity index (χ4v) is 2.10. The quantitative estimate of drug-likeness (QED) is 0.668. The number of nitrogens with zero attached hydrogens (tertiary/aromatic N) is 1. The molecule has 0 aliphatic heterocycles. The minimum absolute atomic E-state index is 0.0549. The third-order valence-electron chi connectivity index (χ3n) is 2.25. The van der Waals surface area contributed by atoms with Crippen molar-refractivity contribution >= 4 is 23.2 Å². The van der Waals surface area contributed by atoms with E-state index in [9.17, 15) is 9.59 Å². The molecule has 0 saturated heterocycles. The normalized spacial score (nSPS) is 10.4. The van der Waals surface area contributed by atoms with Crippen molar-refractivity contribution in [1.82, 2.24) is 10.3 Å². The second kappa shape index (κ2) is 8.60. The molecule has 1 amide bonds. The number of aromatic carboxylic acids is 1. The van der Waals surface area contributed by atoms with Crippen molar-refractivity contribution in [2.45, 2.75) is 26.2 Å². The van der Waals surface area contributed by atoms with Crippen LogP contribution >= 0.6 is 11.3 Å². The summed E-state index contributed by atoms with van der Waals surface area (Å²) >= 11 is 1.29. The number of rotatable bonds is 9. The summed E-state index contributed by atoms with van der Waals surface area (Å²) in [6.45, 7) is 3.57. The van der Waals surface area contributed by atoms with Crippen molar-refractivity contribution in [3.8, 4) is 0 Å². The molecule has 1 heterocycles. The Morgan fingerprint density at radius 2 is 2.26 bits per heavy atom. The Bertz CT molecular complexity index is 420. The van der Waals surface area contributed by atoms with Crippen LogP contribution < -0.4 is 5.32 Å². The summed E-state index contributed by atoms with van der Waals surface area (Å²) in [4.78, 5) is 26.0. The number of carbonyl (C=O) groups is 2. The van der Waals surface area contributed by atoms with E-state index >= 15 is 0 Å². The summed E-state index contributed by atoms with van der Waals surface area (Å²) in [5.74, 6) is -1.09. The molecule has 0 aliphatic carbocycles. The van der Waals surface area contributed by atoms with Crippen LogP contribution in [-0.4, -0.2) is 41.7 Å². The molecule has 0 bridgehead atoms. The van der Waals surface area contributed by atoms with Gasteiger partial charge in [0.2, 0.25) is 5.91 Å². The van der Waals surface area contributed by atoms with Crippen molar-refractivity contribution in [3.63, 3.8) is 0 Å². The number of hydrogen-bond donors (Lipinski definition) is 2. The third-order valence-corrected chi connectivity index (χ3v) is 3.16. The summed E-state index contributed by atoms with van der Waals surface area (Å²) in [7, 11) is 0. The highest BCUT2D eigenvalue weighted by molar-refractivity contribution is 7.09. The number of carbonyl (C=O) groups excluding carboxylic acids is 1. The summed E-state index contributed by atoms with van der Waals surface area (Å²) < 4.78 is 5.21. The number of aromatic nitrogens is 1. The van der Waals surface area contributed by atoms with Gasteiger partial charge in [0.05, 0.1) is 11.6 Å². The molecule has 2 N–H and O–H groups in total. The molecular formula is C12H18N2O4S. The first-order valence-corrected chi connectivity index (χ1v) is 7.03. The SMILES string of the molecule is CCCOCCC(=O)NCCc1nc(C(=O)O)cs1. The molecule has 0 aliphatic rings. The van der Waals surface area contributed by atoms with Gasteiger partial charge in [-0.2, -0.15) is 0 Å². The maximum atomic E-state index is 11.4. The summed E-state index contributed by atoms with van der Waals surface area (Å²) in [6.07, 6.45) is 1.83. The molecule has 19 heavy (non-hydrogen) atoms. The Hall–Kier alpha value is -1.47. The van der Waals surface area contributed by atoms with Crippen molar-refractivity contribution in [2.75, 3.05) is 19.8 Å². The van der Waals surface area contributed by atoms with Gasteiger partial charge in [-0.3, -0.25) is 4.79 Å². The highest BCUT2D eigenvalue weighted by Gasteiger charge is 2.08. The monoisotopic (exact) mass is 286 g/mol. The highest BCUT2D eigenvalue weighted by Crippen LogP contribution is 2.09. The zero-order chi connectivity index (χ0) is 14.1. The number of carboxylic acid groups (broad SMARTS) is 1. The average molecular weight is 286 g/mol. The average Bonchev–Trinajstić information content (AvgIpc) is 2.84. The standard InChI is InChI=1S/C12H18N2O4S/c1-2-6-18-7-4-10(15)13-5-3-11-14-9(8-19-11)12(16)17/h8H,2-7H2,1H3,(H,13,15)(H,16,17). The Kier molecular flexibility index (Phi) is 7.06. The molecule has 7 heteroatoms. The summed E-state index contributed by atoms with van der Waals surface area (Å²) in [6, 6.07) is 0. The molecule has 0 saturated carbocycles. The molecular weight excluding hydrogens is 268 g/mol. The van der Waals surface area contributed by atoms with Gasteiger partial charge in [-0.25, -0.2) is 9.78 Å². The van der Waals surface area contributed by atoms with Gasteiger partial charge in [-0.15, -0.1) is 11.3 Å². The fraction of sp³-hybridized carbons (Fsp3) is 0.583. The fourth-order valence-electron chi connectivity index (χ4n) is 1.33. The molecule has 0 spiro atoms. The van der Waals surface area contributed by atoms with Crippen LogP contribution in [0.4, 0.5) is 0 Å². The second-order valence-corrected chi connectivity index (χ2v) is 4.84. The van der Waals surface area contributed by atoms with Crippen LogP contribution in [0.15, 0.2) is 5.38 Å². The Balaban J connectivity index is 2.15. The van der Waals surface area contributed by atoms with E-state index in [1.807, 2.05) is 6.92 Å². The Labute approximate surface area is 115 Å². The van der Waals surface area contributed by atoms with E-state index in [1.165, 1.54) is 16.7 Å². The second-order valence-electron chi connectivity index (χ2n) is 3.89. The van der Waals surface area contributed by atoms with E-state index < -0.39 is 5.97 Å². The number of hydrogen-bond acceptors (Lipinski definition) is 5. The van der Waals surface area contributed by atoms with Crippen LogP contribution in [0.1, 0.15) is 35.3 Å². The molecule has 1 aromatic rings. The van der Waals surface area contributed by atoms with Gasteiger partial charge in [0, 0.05) is 31.4 Å². The van der Waals surface area contributed by atoms with Gasteiger partial charge in [0.15, 0.2) is 5.69 Å². The lowest BCUT2D eigenvalue weighted by Crippen LogP contribution is -2.26. The van der Waals surface area contributed by atoms with Crippen molar-refractivity contribution in [3.05, 3.63) is 16.1 Å². The maximum absolute atomic E-state index is 11.4. The lowest BCUT2D eigenvalue weighted by atomic mass is 10.4. The number of ether oxygens (including phenoxy) is 1. The van der Waals surface area contributed by atoms with E-state index in [0.29, 0.717) is 37.6 Å². The van der Waals surface area contributed by atoms with Gasteiger partial charge < -0.3 is 15.2 Å². The molecule has 1 rings (SSSR count). The first-order chi connectivity index (χ1) is 9.13. The van der Waals surface area contributed by atoms with Crippen molar-refractivity contribution < 1.29 is 19.4 Å². The number of amides is 1. The lowest BCUT2D eigenvalue weighted by molar-refractivity contribution is -0.122. The zero-order valence-electron chi connectivity index (χ0n) is 10.8. The molecule has 1 aromatic heterocycles. The summed E-state index contributed by atoms with van der Waals surface area (Å²) in [5, 5.41) is 13.7. The first kappa shape index (κ1) is 15.6. The van der Waals surface area contributed by atoms with E-state index in [-0.39, 0.29) is 11.6 Å². The molecule has 0 fully saturated rings. The van der Waals surface area contributed by atoms with Gasteiger partial charge in [0.1, 0.15) is 0 Å².